The lowest BCUT2D eigenvalue weighted by molar-refractivity contribution is 0.375. The summed E-state index contributed by atoms with van der Waals surface area (Å²) < 4.78 is 10.9. The van der Waals surface area contributed by atoms with Gasteiger partial charge >= 0.3 is 0 Å². The zero-order chi connectivity index (χ0) is 14.8. The lowest BCUT2D eigenvalue weighted by atomic mass is 9.98. The summed E-state index contributed by atoms with van der Waals surface area (Å²) in [4.78, 5) is 0. The summed E-state index contributed by atoms with van der Waals surface area (Å²) in [6, 6.07) is 6.65. The summed E-state index contributed by atoms with van der Waals surface area (Å²) in [6.45, 7) is 3.19. The Bertz CT molecular complexity index is 476. The Morgan fingerprint density at radius 2 is 1.86 bits per heavy atom. The molecule has 116 valence electrons. The van der Waals surface area contributed by atoms with Gasteiger partial charge in [-0.2, -0.15) is 0 Å². The number of fused-ring (bicyclic) bond motifs is 1. The number of nitrogens with one attached hydrogen (secondary N) is 1. The Morgan fingerprint density at radius 1 is 1.14 bits per heavy atom. The van der Waals surface area contributed by atoms with Crippen molar-refractivity contribution < 1.29 is 9.47 Å². The molecule has 3 heteroatoms. The molecule has 0 spiro atoms. The van der Waals surface area contributed by atoms with Crippen LogP contribution in [0.3, 0.4) is 0 Å². The van der Waals surface area contributed by atoms with Crippen molar-refractivity contribution in [2.24, 2.45) is 17.8 Å². The lowest BCUT2D eigenvalue weighted by Crippen LogP contribution is -2.24. The number of methoxy groups -OCH3 is 2. The molecule has 2 aliphatic rings. The molecule has 2 saturated carbocycles. The maximum absolute atomic E-state index is 5.63. The molecule has 3 nitrogen and oxygen atoms in total. The van der Waals surface area contributed by atoms with Crippen molar-refractivity contribution in [2.75, 3.05) is 20.8 Å². The van der Waals surface area contributed by atoms with Crippen LogP contribution in [0.15, 0.2) is 18.2 Å². The van der Waals surface area contributed by atoms with Crippen molar-refractivity contribution >= 4 is 0 Å². The molecule has 2 fully saturated rings. The van der Waals surface area contributed by atoms with Crippen molar-refractivity contribution in [3.05, 3.63) is 23.8 Å². The maximum atomic E-state index is 5.63. The van der Waals surface area contributed by atoms with Gasteiger partial charge in [0.25, 0.3) is 0 Å². The van der Waals surface area contributed by atoms with Crippen LogP contribution in [0.25, 0.3) is 0 Å². The van der Waals surface area contributed by atoms with Crippen molar-refractivity contribution in [2.45, 2.75) is 38.6 Å². The standard InChI is InChI=1S/C18H27NO2/c1-4-19-18(17-13-7-5-6-8-14(13)17)15-10-9-12(20-2)11-16(15)21-3/h9-11,13-14,17-19H,4-8H2,1-3H3. The predicted molar refractivity (Wildman–Crippen MR) is 84.9 cm³/mol. The quantitative estimate of drug-likeness (QED) is 0.864. The van der Waals surface area contributed by atoms with Crippen LogP contribution in [0.1, 0.15) is 44.2 Å². The van der Waals surface area contributed by atoms with Crippen molar-refractivity contribution in [3.8, 4) is 11.5 Å². The molecular formula is C18H27NO2. The van der Waals surface area contributed by atoms with E-state index >= 15 is 0 Å². The SMILES string of the molecule is CCNC(c1ccc(OC)cc1OC)C1C2CCCCC21. The van der Waals surface area contributed by atoms with Crippen LogP contribution in [0, 0.1) is 17.8 Å². The minimum Gasteiger partial charge on any atom is -0.497 e. The van der Waals surface area contributed by atoms with Crippen LogP contribution < -0.4 is 14.8 Å². The third-order valence-electron chi connectivity index (χ3n) is 5.31. The van der Waals surface area contributed by atoms with Gasteiger partial charge in [-0.15, -0.1) is 0 Å². The second-order valence-corrected chi connectivity index (χ2v) is 6.33. The fourth-order valence-corrected chi connectivity index (χ4v) is 4.29. The van der Waals surface area contributed by atoms with Crippen molar-refractivity contribution in [1.82, 2.24) is 5.32 Å². The second-order valence-electron chi connectivity index (χ2n) is 6.33. The molecule has 0 amide bonds. The average molecular weight is 289 g/mol. The first-order valence-electron chi connectivity index (χ1n) is 8.25. The molecule has 2 aliphatic carbocycles. The highest BCUT2D eigenvalue weighted by atomic mass is 16.5. The third-order valence-corrected chi connectivity index (χ3v) is 5.31. The smallest absolute Gasteiger partial charge is 0.127 e. The van der Waals surface area contributed by atoms with Crippen LogP contribution in [-0.2, 0) is 0 Å². The van der Waals surface area contributed by atoms with Gasteiger partial charge in [0, 0.05) is 17.7 Å². The highest BCUT2D eigenvalue weighted by Gasteiger charge is 2.54. The first kappa shape index (κ1) is 14.7. The molecule has 0 heterocycles. The van der Waals surface area contributed by atoms with Crippen LogP contribution in [-0.4, -0.2) is 20.8 Å². The van der Waals surface area contributed by atoms with E-state index in [0.29, 0.717) is 6.04 Å². The lowest BCUT2D eigenvalue weighted by Gasteiger charge is -2.22. The van der Waals surface area contributed by atoms with Gasteiger partial charge in [-0.05, 0) is 43.2 Å². The van der Waals surface area contributed by atoms with E-state index < -0.39 is 0 Å². The van der Waals surface area contributed by atoms with Gasteiger partial charge in [0.05, 0.1) is 14.2 Å². The Hall–Kier alpha value is -1.22. The molecule has 0 saturated heterocycles. The number of ether oxygens (including phenoxy) is 2. The molecule has 1 aromatic rings. The first-order chi connectivity index (χ1) is 10.3. The highest BCUT2D eigenvalue weighted by molar-refractivity contribution is 5.43. The molecule has 0 bridgehead atoms. The summed E-state index contributed by atoms with van der Waals surface area (Å²) >= 11 is 0. The van der Waals surface area contributed by atoms with E-state index in [1.165, 1.54) is 31.2 Å². The zero-order valence-corrected chi connectivity index (χ0v) is 13.4. The minimum atomic E-state index is 0.420. The first-order valence-corrected chi connectivity index (χ1v) is 8.25. The molecule has 3 atom stereocenters. The molecule has 0 radical (unpaired) electrons. The summed E-state index contributed by atoms with van der Waals surface area (Å²) in [5, 5.41) is 3.71. The highest BCUT2D eigenvalue weighted by Crippen LogP contribution is 2.61. The topological polar surface area (TPSA) is 30.5 Å². The molecular weight excluding hydrogens is 262 g/mol. The third kappa shape index (κ3) is 2.76. The molecule has 1 N–H and O–H groups in total. The molecule has 1 aromatic carbocycles. The van der Waals surface area contributed by atoms with E-state index in [4.69, 9.17) is 9.47 Å². The van der Waals surface area contributed by atoms with E-state index in [9.17, 15) is 0 Å². The van der Waals surface area contributed by atoms with Crippen LogP contribution in [0.4, 0.5) is 0 Å². The van der Waals surface area contributed by atoms with E-state index in [2.05, 4.69) is 18.3 Å². The number of rotatable bonds is 6. The van der Waals surface area contributed by atoms with Gasteiger partial charge in [0.15, 0.2) is 0 Å². The van der Waals surface area contributed by atoms with Crippen LogP contribution >= 0.6 is 0 Å². The summed E-state index contributed by atoms with van der Waals surface area (Å²) in [5.41, 5.74) is 1.29. The van der Waals surface area contributed by atoms with Gasteiger partial charge in [-0.3, -0.25) is 0 Å². The van der Waals surface area contributed by atoms with Gasteiger partial charge < -0.3 is 14.8 Å². The van der Waals surface area contributed by atoms with Gasteiger partial charge in [0.1, 0.15) is 11.5 Å². The molecule has 21 heavy (non-hydrogen) atoms. The van der Waals surface area contributed by atoms with Crippen LogP contribution in [0.2, 0.25) is 0 Å². The average Bonchev–Trinajstić information content (AvgIpc) is 3.26. The van der Waals surface area contributed by atoms with E-state index in [1.807, 2.05) is 12.1 Å². The maximum Gasteiger partial charge on any atom is 0.127 e. The molecule has 3 unspecified atom stereocenters. The molecule has 3 rings (SSSR count). The Balaban J connectivity index is 1.87. The van der Waals surface area contributed by atoms with E-state index in [0.717, 1.165) is 35.8 Å². The largest absolute Gasteiger partial charge is 0.497 e. The normalized spacial score (nSPS) is 28.6. The Kier molecular flexibility index (Phi) is 4.39. The van der Waals surface area contributed by atoms with Gasteiger partial charge in [-0.25, -0.2) is 0 Å². The van der Waals surface area contributed by atoms with E-state index in [-0.39, 0.29) is 0 Å². The van der Waals surface area contributed by atoms with E-state index in [1.54, 1.807) is 14.2 Å². The van der Waals surface area contributed by atoms with Crippen molar-refractivity contribution in [3.63, 3.8) is 0 Å². The number of hydrogen-bond acceptors (Lipinski definition) is 3. The zero-order valence-electron chi connectivity index (χ0n) is 13.4. The van der Waals surface area contributed by atoms with Gasteiger partial charge in [-0.1, -0.05) is 25.8 Å². The minimum absolute atomic E-state index is 0.420. The van der Waals surface area contributed by atoms with Crippen molar-refractivity contribution in [1.29, 1.82) is 0 Å². The molecule has 0 aromatic heterocycles. The summed E-state index contributed by atoms with van der Waals surface area (Å²) in [6.07, 6.45) is 5.65. The Morgan fingerprint density at radius 3 is 2.43 bits per heavy atom. The van der Waals surface area contributed by atoms with Crippen LogP contribution in [0.5, 0.6) is 11.5 Å². The fraction of sp³-hybridized carbons (Fsp3) is 0.667. The predicted octanol–water partition coefficient (Wildman–Crippen LogP) is 3.79. The summed E-state index contributed by atoms with van der Waals surface area (Å²) in [5.74, 6) is 4.45. The second kappa shape index (κ2) is 6.27. The summed E-state index contributed by atoms with van der Waals surface area (Å²) in [7, 11) is 3.45. The monoisotopic (exact) mass is 289 g/mol. The number of hydrogen-bond donors (Lipinski definition) is 1. The number of benzene rings is 1. The van der Waals surface area contributed by atoms with Gasteiger partial charge in [0.2, 0.25) is 0 Å². The Labute approximate surface area is 128 Å². The molecule has 0 aliphatic heterocycles. The fourth-order valence-electron chi connectivity index (χ4n) is 4.29.